The molecule has 7 nitrogen and oxygen atoms in total. The largest absolute Gasteiger partial charge is 0.493 e. The molecule has 0 spiro atoms. The van der Waals surface area contributed by atoms with E-state index < -0.39 is 0 Å². The number of para-hydroxylation sites is 1. The fraction of sp³-hybridized carbons (Fsp3) is 0.409. The highest BCUT2D eigenvalue weighted by Crippen LogP contribution is 2.35. The molecular formula is C22H29IN6OS. The average Bonchev–Trinajstić information content (AvgIpc) is 3.48. The summed E-state index contributed by atoms with van der Waals surface area (Å²) in [5, 5.41) is 17.5. The summed E-state index contributed by atoms with van der Waals surface area (Å²) in [7, 11) is 1.97. The van der Waals surface area contributed by atoms with Crippen LogP contribution in [0.4, 0.5) is 0 Å². The molecule has 1 aromatic carbocycles. The van der Waals surface area contributed by atoms with Crippen LogP contribution in [0.5, 0.6) is 5.75 Å². The number of benzene rings is 1. The van der Waals surface area contributed by atoms with Crippen LogP contribution < -0.4 is 15.4 Å². The number of aromatic nitrogens is 3. The number of fused-ring (bicyclic) bond motifs is 1. The van der Waals surface area contributed by atoms with E-state index in [9.17, 15) is 0 Å². The Hall–Kier alpha value is -2.14. The average molecular weight is 552 g/mol. The monoisotopic (exact) mass is 552 g/mol. The number of hydrogen-bond donors (Lipinski definition) is 2. The third kappa shape index (κ3) is 5.76. The molecule has 166 valence electrons. The summed E-state index contributed by atoms with van der Waals surface area (Å²) in [6, 6.07) is 12.7. The van der Waals surface area contributed by atoms with Crippen molar-refractivity contribution in [1.82, 2.24) is 25.4 Å². The highest BCUT2D eigenvalue weighted by molar-refractivity contribution is 14.0. The minimum atomic E-state index is 0. The van der Waals surface area contributed by atoms with E-state index in [1.807, 2.05) is 30.7 Å². The molecule has 1 aliphatic rings. The van der Waals surface area contributed by atoms with Crippen molar-refractivity contribution < 1.29 is 4.74 Å². The van der Waals surface area contributed by atoms with Crippen LogP contribution in [0.1, 0.15) is 34.9 Å². The molecule has 3 aromatic rings. The van der Waals surface area contributed by atoms with Crippen LogP contribution in [-0.2, 0) is 20.0 Å². The zero-order chi connectivity index (χ0) is 20.9. The summed E-state index contributed by atoms with van der Waals surface area (Å²) < 4.78 is 7.84. The smallest absolute Gasteiger partial charge is 0.191 e. The molecule has 4 rings (SSSR count). The predicted octanol–water partition coefficient (Wildman–Crippen LogP) is 3.65. The van der Waals surface area contributed by atoms with E-state index in [1.54, 1.807) is 11.3 Å². The van der Waals surface area contributed by atoms with Gasteiger partial charge in [0.15, 0.2) is 11.8 Å². The lowest BCUT2D eigenvalue weighted by molar-refractivity contribution is 0.312. The highest BCUT2D eigenvalue weighted by atomic mass is 127. The summed E-state index contributed by atoms with van der Waals surface area (Å²) in [5.74, 6) is 3.77. The molecule has 0 bridgehead atoms. The van der Waals surface area contributed by atoms with E-state index >= 15 is 0 Å². The topological polar surface area (TPSA) is 76.4 Å². The maximum Gasteiger partial charge on any atom is 0.191 e. The van der Waals surface area contributed by atoms with Gasteiger partial charge in [-0.15, -0.1) is 45.5 Å². The van der Waals surface area contributed by atoms with Crippen LogP contribution in [0.2, 0.25) is 0 Å². The summed E-state index contributed by atoms with van der Waals surface area (Å²) in [4.78, 5) is 6.15. The first-order chi connectivity index (χ1) is 14.6. The van der Waals surface area contributed by atoms with Gasteiger partial charge in [0.05, 0.1) is 6.61 Å². The Morgan fingerprint density at radius 1 is 1.29 bits per heavy atom. The minimum absolute atomic E-state index is 0. The molecule has 2 unspecified atom stereocenters. The van der Waals surface area contributed by atoms with Crippen LogP contribution in [0, 0.1) is 6.92 Å². The fourth-order valence-electron chi connectivity index (χ4n) is 3.57. The first-order valence-electron chi connectivity index (χ1n) is 10.3. The van der Waals surface area contributed by atoms with Gasteiger partial charge in [-0.1, -0.05) is 24.3 Å². The standard InChI is InChI=1S/C22H28N6OS.HI/c1-15(19-14-29-20-9-5-4-8-18(19)20)25-22(23-11-10-17-7-6-12-30-17)24-13-21-27-26-16(2)28(21)3;/h4-9,12,15,19H,10-11,13-14H2,1-3H3,(H2,23,24,25);1H. The Morgan fingerprint density at radius 2 is 2.13 bits per heavy atom. The summed E-state index contributed by atoms with van der Waals surface area (Å²) in [5.41, 5.74) is 1.25. The van der Waals surface area contributed by atoms with Gasteiger partial charge in [-0.2, -0.15) is 0 Å². The second-order valence-electron chi connectivity index (χ2n) is 7.53. The number of ether oxygens (including phenoxy) is 1. The summed E-state index contributed by atoms with van der Waals surface area (Å²) >= 11 is 1.78. The number of aliphatic imine (C=N–C) groups is 1. The lowest BCUT2D eigenvalue weighted by atomic mass is 9.94. The van der Waals surface area contributed by atoms with Gasteiger partial charge in [0.25, 0.3) is 0 Å². The van der Waals surface area contributed by atoms with E-state index in [1.165, 1.54) is 10.4 Å². The van der Waals surface area contributed by atoms with Gasteiger partial charge in [0.1, 0.15) is 18.1 Å². The van der Waals surface area contributed by atoms with Crippen molar-refractivity contribution in [2.24, 2.45) is 12.0 Å². The van der Waals surface area contributed by atoms with Crippen LogP contribution in [-0.4, -0.2) is 39.9 Å². The van der Waals surface area contributed by atoms with Crippen molar-refractivity contribution in [3.05, 3.63) is 63.9 Å². The first-order valence-corrected chi connectivity index (χ1v) is 11.1. The van der Waals surface area contributed by atoms with Crippen LogP contribution in [0.15, 0.2) is 46.8 Å². The van der Waals surface area contributed by atoms with Crippen LogP contribution >= 0.6 is 35.3 Å². The number of guanidine groups is 1. The third-order valence-corrected chi connectivity index (χ3v) is 6.45. The lowest BCUT2D eigenvalue weighted by Gasteiger charge is -2.23. The normalized spacial score (nSPS) is 16.2. The predicted molar refractivity (Wildman–Crippen MR) is 136 cm³/mol. The van der Waals surface area contributed by atoms with E-state index in [2.05, 4.69) is 57.4 Å². The molecule has 0 amide bonds. The second-order valence-corrected chi connectivity index (χ2v) is 8.56. The number of hydrogen-bond acceptors (Lipinski definition) is 5. The molecule has 2 aromatic heterocycles. The number of rotatable bonds is 7. The number of thiophene rings is 1. The molecule has 2 atom stereocenters. The van der Waals surface area contributed by atoms with Gasteiger partial charge in [0.2, 0.25) is 0 Å². The van der Waals surface area contributed by atoms with Crippen molar-refractivity contribution in [3.63, 3.8) is 0 Å². The van der Waals surface area contributed by atoms with E-state index in [0.717, 1.165) is 36.3 Å². The molecule has 9 heteroatoms. The van der Waals surface area contributed by atoms with E-state index in [-0.39, 0.29) is 35.9 Å². The zero-order valence-corrected chi connectivity index (χ0v) is 21.2. The van der Waals surface area contributed by atoms with Crippen molar-refractivity contribution in [2.45, 2.75) is 38.8 Å². The Balaban J connectivity index is 0.00000272. The SMILES string of the molecule is Cc1nnc(CN=C(NCCc2cccs2)NC(C)C2COc3ccccc32)n1C.I. The quantitative estimate of drug-likeness (QED) is 0.266. The molecule has 3 heterocycles. The maximum atomic E-state index is 5.87. The molecule has 0 aliphatic carbocycles. The van der Waals surface area contributed by atoms with Crippen LogP contribution in [0.25, 0.3) is 0 Å². The molecule has 1 aliphatic heterocycles. The van der Waals surface area contributed by atoms with Crippen molar-refractivity contribution in [1.29, 1.82) is 0 Å². The number of halogens is 1. The van der Waals surface area contributed by atoms with E-state index in [0.29, 0.717) is 13.2 Å². The Morgan fingerprint density at radius 3 is 2.87 bits per heavy atom. The fourth-order valence-corrected chi connectivity index (χ4v) is 4.28. The highest BCUT2D eigenvalue weighted by Gasteiger charge is 2.29. The minimum Gasteiger partial charge on any atom is -0.493 e. The van der Waals surface area contributed by atoms with Gasteiger partial charge in [-0.25, -0.2) is 4.99 Å². The number of nitrogens with zero attached hydrogens (tertiary/aromatic N) is 4. The van der Waals surface area contributed by atoms with Gasteiger partial charge in [0, 0.05) is 36.0 Å². The van der Waals surface area contributed by atoms with Gasteiger partial charge >= 0.3 is 0 Å². The summed E-state index contributed by atoms with van der Waals surface area (Å²) in [6.45, 7) is 6.08. The zero-order valence-electron chi connectivity index (χ0n) is 18.0. The third-order valence-electron chi connectivity index (χ3n) is 5.51. The van der Waals surface area contributed by atoms with Crippen molar-refractivity contribution >= 4 is 41.3 Å². The maximum absolute atomic E-state index is 5.87. The molecule has 0 saturated carbocycles. The number of aryl methyl sites for hydroxylation is 1. The van der Waals surface area contributed by atoms with Gasteiger partial charge in [-0.05, 0) is 37.8 Å². The van der Waals surface area contributed by atoms with Crippen LogP contribution in [0.3, 0.4) is 0 Å². The molecule has 31 heavy (non-hydrogen) atoms. The molecule has 2 N–H and O–H groups in total. The number of nitrogens with one attached hydrogen (secondary N) is 2. The molecule has 0 saturated heterocycles. The molecular weight excluding hydrogens is 523 g/mol. The Kier molecular flexibility index (Phi) is 8.30. The first kappa shape index (κ1) is 23.5. The molecule has 0 radical (unpaired) electrons. The van der Waals surface area contributed by atoms with E-state index in [4.69, 9.17) is 9.73 Å². The Labute approximate surface area is 204 Å². The van der Waals surface area contributed by atoms with Crippen molar-refractivity contribution in [2.75, 3.05) is 13.2 Å². The lowest BCUT2D eigenvalue weighted by Crippen LogP contribution is -2.45. The second kappa shape index (κ2) is 10.9. The Bertz CT molecular complexity index is 1000. The van der Waals surface area contributed by atoms with Gasteiger partial charge in [-0.3, -0.25) is 0 Å². The summed E-state index contributed by atoms with van der Waals surface area (Å²) in [6.07, 6.45) is 0.963. The van der Waals surface area contributed by atoms with Gasteiger partial charge < -0.3 is 19.9 Å². The van der Waals surface area contributed by atoms with Crippen molar-refractivity contribution in [3.8, 4) is 5.75 Å². The molecule has 0 fully saturated rings.